The molecule has 2 N–H and O–H groups in total. The molecule has 2 unspecified atom stereocenters. The summed E-state index contributed by atoms with van der Waals surface area (Å²) in [7, 11) is 0. The van der Waals surface area contributed by atoms with Gasteiger partial charge in [-0.2, -0.15) is 13.2 Å². The Hall–Kier alpha value is -2.05. The van der Waals surface area contributed by atoms with Gasteiger partial charge in [-0.15, -0.1) is 0 Å². The Balaban J connectivity index is 2.76. The van der Waals surface area contributed by atoms with Gasteiger partial charge in [-0.1, -0.05) is 12.1 Å². The molecule has 0 radical (unpaired) electrons. The lowest BCUT2D eigenvalue weighted by atomic mass is 10.0. The van der Waals surface area contributed by atoms with Crippen LogP contribution in [0.15, 0.2) is 24.3 Å². The van der Waals surface area contributed by atoms with E-state index in [1.54, 1.807) is 6.92 Å². The number of carbonyl (C=O) groups is 2. The van der Waals surface area contributed by atoms with E-state index in [1.807, 2.05) is 0 Å². The molecular formula is C13H14F3NO3. The van der Waals surface area contributed by atoms with E-state index >= 15 is 0 Å². The predicted octanol–water partition coefficient (Wildman–Crippen LogP) is 2.60. The lowest BCUT2D eigenvalue weighted by Gasteiger charge is -2.17. The topological polar surface area (TPSA) is 66.4 Å². The molecule has 0 aliphatic heterocycles. The fraction of sp³-hybridized carbons (Fsp3) is 0.385. The first-order valence-corrected chi connectivity index (χ1v) is 5.83. The zero-order chi connectivity index (χ0) is 15.5. The van der Waals surface area contributed by atoms with E-state index in [0.29, 0.717) is 5.56 Å². The number of nitrogens with one attached hydrogen (secondary N) is 1. The number of rotatable bonds is 4. The number of amides is 1. The van der Waals surface area contributed by atoms with E-state index in [9.17, 15) is 22.8 Å². The number of carboxylic acids is 1. The summed E-state index contributed by atoms with van der Waals surface area (Å²) in [5.74, 6) is -3.17. The summed E-state index contributed by atoms with van der Waals surface area (Å²) >= 11 is 0. The Kier molecular flexibility index (Phi) is 4.75. The van der Waals surface area contributed by atoms with E-state index in [2.05, 4.69) is 5.32 Å². The van der Waals surface area contributed by atoms with Crippen molar-refractivity contribution >= 4 is 11.9 Å². The fourth-order valence-electron chi connectivity index (χ4n) is 1.49. The standard InChI is InChI=1S/C13H14F3NO3/c1-7(12(19)20)11(18)17-8(2)9-3-5-10(6-4-9)13(14,15)16/h3-8H,1-2H3,(H,17,18)(H,19,20). The van der Waals surface area contributed by atoms with Gasteiger partial charge in [0.1, 0.15) is 5.92 Å². The quantitative estimate of drug-likeness (QED) is 0.837. The predicted molar refractivity (Wildman–Crippen MR) is 64.8 cm³/mol. The van der Waals surface area contributed by atoms with Crippen LogP contribution in [-0.2, 0) is 15.8 Å². The van der Waals surface area contributed by atoms with E-state index < -0.39 is 35.6 Å². The second-order valence-corrected chi connectivity index (χ2v) is 4.41. The number of aliphatic carboxylic acids is 1. The van der Waals surface area contributed by atoms with Gasteiger partial charge in [0.2, 0.25) is 5.91 Å². The van der Waals surface area contributed by atoms with Crippen molar-refractivity contribution in [3.8, 4) is 0 Å². The van der Waals surface area contributed by atoms with Crippen LogP contribution in [0.25, 0.3) is 0 Å². The second-order valence-electron chi connectivity index (χ2n) is 4.41. The van der Waals surface area contributed by atoms with E-state index in [1.165, 1.54) is 19.1 Å². The molecule has 1 aromatic carbocycles. The number of hydrogen-bond donors (Lipinski definition) is 2. The molecule has 1 aromatic rings. The molecule has 0 saturated heterocycles. The van der Waals surface area contributed by atoms with Crippen LogP contribution in [0, 0.1) is 5.92 Å². The molecule has 0 saturated carbocycles. The normalized spacial score (nSPS) is 14.4. The molecule has 0 aliphatic rings. The van der Waals surface area contributed by atoms with Gasteiger partial charge in [0.05, 0.1) is 11.6 Å². The molecular weight excluding hydrogens is 275 g/mol. The van der Waals surface area contributed by atoms with Crippen LogP contribution in [0.5, 0.6) is 0 Å². The smallest absolute Gasteiger partial charge is 0.416 e. The Labute approximate surface area is 113 Å². The van der Waals surface area contributed by atoms with Gasteiger partial charge in [0, 0.05) is 0 Å². The number of hydrogen-bond acceptors (Lipinski definition) is 2. The maximum atomic E-state index is 12.4. The summed E-state index contributed by atoms with van der Waals surface area (Å²) < 4.78 is 37.2. The Morgan fingerprint density at radius 2 is 1.65 bits per heavy atom. The molecule has 0 heterocycles. The molecule has 7 heteroatoms. The number of carbonyl (C=O) groups excluding carboxylic acids is 1. The summed E-state index contributed by atoms with van der Waals surface area (Å²) in [6.45, 7) is 2.80. The van der Waals surface area contributed by atoms with Crippen LogP contribution >= 0.6 is 0 Å². The zero-order valence-electron chi connectivity index (χ0n) is 10.9. The zero-order valence-corrected chi connectivity index (χ0v) is 10.9. The summed E-state index contributed by atoms with van der Waals surface area (Å²) in [6, 6.07) is 3.75. The van der Waals surface area contributed by atoms with Crippen molar-refractivity contribution < 1.29 is 27.9 Å². The molecule has 0 aromatic heterocycles. The molecule has 2 atom stereocenters. The maximum absolute atomic E-state index is 12.4. The number of benzene rings is 1. The van der Waals surface area contributed by atoms with Crippen LogP contribution in [0.1, 0.15) is 31.0 Å². The second kappa shape index (κ2) is 5.94. The van der Waals surface area contributed by atoms with Gasteiger partial charge >= 0.3 is 12.1 Å². The lowest BCUT2D eigenvalue weighted by molar-refractivity contribution is -0.146. The van der Waals surface area contributed by atoms with Gasteiger partial charge in [0.15, 0.2) is 0 Å². The molecule has 1 rings (SSSR count). The van der Waals surface area contributed by atoms with Crippen molar-refractivity contribution in [2.24, 2.45) is 5.92 Å². The largest absolute Gasteiger partial charge is 0.481 e. The van der Waals surface area contributed by atoms with Crippen molar-refractivity contribution in [2.45, 2.75) is 26.1 Å². The van der Waals surface area contributed by atoms with E-state index in [0.717, 1.165) is 12.1 Å². The van der Waals surface area contributed by atoms with Crippen molar-refractivity contribution in [3.63, 3.8) is 0 Å². The minimum Gasteiger partial charge on any atom is -0.481 e. The third-order valence-electron chi connectivity index (χ3n) is 2.86. The average molecular weight is 289 g/mol. The molecule has 0 aliphatic carbocycles. The lowest BCUT2D eigenvalue weighted by Crippen LogP contribution is -2.35. The SMILES string of the molecule is CC(C(=O)O)C(=O)NC(C)c1ccc(C(F)(F)F)cc1. The van der Waals surface area contributed by atoms with Crippen LogP contribution in [0.4, 0.5) is 13.2 Å². The molecule has 4 nitrogen and oxygen atoms in total. The number of alkyl halides is 3. The van der Waals surface area contributed by atoms with Crippen molar-refractivity contribution in [1.82, 2.24) is 5.32 Å². The highest BCUT2D eigenvalue weighted by Gasteiger charge is 2.30. The van der Waals surface area contributed by atoms with Gasteiger partial charge in [-0.25, -0.2) is 0 Å². The summed E-state index contributed by atoms with van der Waals surface area (Å²) in [5, 5.41) is 11.1. The van der Waals surface area contributed by atoms with Crippen LogP contribution < -0.4 is 5.32 Å². The van der Waals surface area contributed by atoms with Crippen LogP contribution in [-0.4, -0.2) is 17.0 Å². The van der Waals surface area contributed by atoms with Crippen LogP contribution in [0.3, 0.4) is 0 Å². The number of carboxylic acid groups (broad SMARTS) is 1. The van der Waals surface area contributed by atoms with Gasteiger partial charge in [-0.05, 0) is 31.5 Å². The first-order valence-electron chi connectivity index (χ1n) is 5.83. The monoisotopic (exact) mass is 289 g/mol. The minimum atomic E-state index is -4.41. The highest BCUT2D eigenvalue weighted by atomic mass is 19.4. The molecule has 0 bridgehead atoms. The highest BCUT2D eigenvalue weighted by molar-refractivity contribution is 5.96. The van der Waals surface area contributed by atoms with E-state index in [-0.39, 0.29) is 0 Å². The van der Waals surface area contributed by atoms with Gasteiger partial charge < -0.3 is 10.4 Å². The van der Waals surface area contributed by atoms with Crippen molar-refractivity contribution in [2.75, 3.05) is 0 Å². The maximum Gasteiger partial charge on any atom is 0.416 e. The molecule has 20 heavy (non-hydrogen) atoms. The first kappa shape index (κ1) is 16.0. The molecule has 0 fully saturated rings. The Morgan fingerprint density at radius 3 is 2.05 bits per heavy atom. The highest BCUT2D eigenvalue weighted by Crippen LogP contribution is 2.29. The van der Waals surface area contributed by atoms with Crippen molar-refractivity contribution in [1.29, 1.82) is 0 Å². The first-order chi connectivity index (χ1) is 9.12. The minimum absolute atomic E-state index is 0.462. The average Bonchev–Trinajstić information content (AvgIpc) is 2.36. The number of halogens is 3. The summed E-state index contributed by atoms with van der Waals surface area (Å²) in [4.78, 5) is 22.2. The van der Waals surface area contributed by atoms with Gasteiger partial charge in [0.25, 0.3) is 0 Å². The summed E-state index contributed by atoms with van der Waals surface area (Å²) in [5.41, 5.74) is -0.317. The fourth-order valence-corrected chi connectivity index (χ4v) is 1.49. The Bertz CT molecular complexity index is 497. The van der Waals surface area contributed by atoms with Crippen LogP contribution in [0.2, 0.25) is 0 Å². The third-order valence-corrected chi connectivity index (χ3v) is 2.86. The molecule has 0 spiro atoms. The molecule has 1 amide bonds. The van der Waals surface area contributed by atoms with Crippen molar-refractivity contribution in [3.05, 3.63) is 35.4 Å². The third kappa shape index (κ3) is 3.97. The Morgan fingerprint density at radius 1 is 1.15 bits per heavy atom. The van der Waals surface area contributed by atoms with E-state index in [4.69, 9.17) is 5.11 Å². The summed E-state index contributed by atoms with van der Waals surface area (Å²) in [6.07, 6.45) is -4.41. The van der Waals surface area contributed by atoms with Gasteiger partial charge in [-0.3, -0.25) is 9.59 Å². The molecule has 110 valence electrons.